The first-order chi connectivity index (χ1) is 12.6. The Morgan fingerprint density at radius 3 is 2.85 bits per heavy atom. The van der Waals surface area contributed by atoms with Crippen molar-refractivity contribution in [1.82, 2.24) is 14.4 Å². The van der Waals surface area contributed by atoms with Crippen LogP contribution in [-0.2, 0) is 17.8 Å². The van der Waals surface area contributed by atoms with Gasteiger partial charge in [0.25, 0.3) is 0 Å². The van der Waals surface area contributed by atoms with Crippen LogP contribution >= 0.6 is 0 Å². The Hall–Kier alpha value is -2.71. The highest BCUT2D eigenvalue weighted by molar-refractivity contribution is 5.74. The summed E-state index contributed by atoms with van der Waals surface area (Å²) in [5.41, 5.74) is 4.35. The molecule has 0 fully saturated rings. The van der Waals surface area contributed by atoms with Crippen molar-refractivity contribution in [2.45, 2.75) is 20.0 Å². The van der Waals surface area contributed by atoms with Gasteiger partial charge in [-0.25, -0.2) is 4.79 Å². The Labute approximate surface area is 155 Å². The molecule has 0 bridgehead atoms. The van der Waals surface area contributed by atoms with E-state index in [2.05, 4.69) is 41.5 Å². The fourth-order valence-corrected chi connectivity index (χ4v) is 3.10. The SMILES string of the molecule is COCCN(C)C(=O)N1CCn2c(C#Cc3cccc(C)c3)ccc2C1. The summed E-state index contributed by atoms with van der Waals surface area (Å²) in [4.78, 5) is 16.1. The van der Waals surface area contributed by atoms with Gasteiger partial charge in [0.15, 0.2) is 0 Å². The molecule has 0 N–H and O–H groups in total. The van der Waals surface area contributed by atoms with E-state index in [-0.39, 0.29) is 6.03 Å². The average Bonchev–Trinajstić information content (AvgIpc) is 3.06. The number of ether oxygens (including phenoxy) is 1. The van der Waals surface area contributed by atoms with Gasteiger partial charge in [0.1, 0.15) is 0 Å². The number of fused-ring (bicyclic) bond motifs is 1. The van der Waals surface area contributed by atoms with E-state index in [1.807, 2.05) is 30.1 Å². The Bertz CT molecular complexity index is 844. The lowest BCUT2D eigenvalue weighted by Crippen LogP contribution is -2.45. The highest BCUT2D eigenvalue weighted by Gasteiger charge is 2.24. The number of aromatic nitrogens is 1. The maximum Gasteiger partial charge on any atom is 0.320 e. The molecule has 1 aliphatic heterocycles. The van der Waals surface area contributed by atoms with E-state index >= 15 is 0 Å². The van der Waals surface area contributed by atoms with E-state index in [1.54, 1.807) is 12.0 Å². The number of carbonyl (C=O) groups is 1. The standard InChI is InChI=1S/C21H25N3O2/c1-17-5-4-6-18(15-17)7-8-19-9-10-20-16-23(11-12-24(19)20)21(25)22(2)13-14-26-3/h4-6,9-10,15H,11-14,16H2,1-3H3. The van der Waals surface area contributed by atoms with Crippen LogP contribution in [0.5, 0.6) is 0 Å². The van der Waals surface area contributed by atoms with Crippen LogP contribution < -0.4 is 0 Å². The molecule has 2 aromatic rings. The number of benzene rings is 1. The number of aryl methyl sites for hydroxylation is 1. The minimum atomic E-state index is 0.0434. The third kappa shape index (κ3) is 4.09. The van der Waals surface area contributed by atoms with Crippen LogP contribution in [0.25, 0.3) is 0 Å². The van der Waals surface area contributed by atoms with Gasteiger partial charge in [-0.15, -0.1) is 0 Å². The number of carbonyl (C=O) groups excluding carboxylic acids is 1. The van der Waals surface area contributed by atoms with Gasteiger partial charge in [-0.3, -0.25) is 0 Å². The number of methoxy groups -OCH3 is 1. The highest BCUT2D eigenvalue weighted by atomic mass is 16.5. The summed E-state index contributed by atoms with van der Waals surface area (Å²) < 4.78 is 7.26. The van der Waals surface area contributed by atoms with E-state index in [0.717, 1.165) is 23.5 Å². The van der Waals surface area contributed by atoms with Crippen molar-refractivity contribution in [2.24, 2.45) is 0 Å². The normalized spacial score (nSPS) is 13.0. The van der Waals surface area contributed by atoms with Gasteiger partial charge in [-0.05, 0) is 42.7 Å². The molecule has 0 aliphatic carbocycles. The zero-order valence-electron chi connectivity index (χ0n) is 15.7. The van der Waals surface area contributed by atoms with E-state index in [1.165, 1.54) is 5.56 Å². The molecule has 1 aromatic carbocycles. The van der Waals surface area contributed by atoms with Crippen molar-refractivity contribution in [3.63, 3.8) is 0 Å². The molecule has 0 spiro atoms. The molecule has 0 unspecified atom stereocenters. The molecule has 0 saturated carbocycles. The summed E-state index contributed by atoms with van der Waals surface area (Å²) in [6, 6.07) is 12.4. The van der Waals surface area contributed by atoms with Crippen molar-refractivity contribution in [1.29, 1.82) is 0 Å². The summed E-state index contributed by atoms with van der Waals surface area (Å²) in [5, 5.41) is 0. The molecule has 136 valence electrons. The summed E-state index contributed by atoms with van der Waals surface area (Å²) in [7, 11) is 3.46. The first-order valence-electron chi connectivity index (χ1n) is 8.84. The van der Waals surface area contributed by atoms with Gasteiger partial charge >= 0.3 is 6.03 Å². The summed E-state index contributed by atoms with van der Waals surface area (Å²) >= 11 is 0. The Balaban J connectivity index is 1.70. The van der Waals surface area contributed by atoms with Crippen LogP contribution in [0.2, 0.25) is 0 Å². The van der Waals surface area contributed by atoms with Crippen LogP contribution in [0.1, 0.15) is 22.5 Å². The second-order valence-electron chi connectivity index (χ2n) is 6.60. The van der Waals surface area contributed by atoms with Gasteiger partial charge < -0.3 is 19.1 Å². The Kier molecular flexibility index (Phi) is 5.65. The highest BCUT2D eigenvalue weighted by Crippen LogP contribution is 2.18. The zero-order valence-corrected chi connectivity index (χ0v) is 15.7. The molecule has 0 atom stereocenters. The minimum Gasteiger partial charge on any atom is -0.383 e. The molecule has 5 nitrogen and oxygen atoms in total. The lowest BCUT2D eigenvalue weighted by molar-refractivity contribution is 0.128. The summed E-state index contributed by atoms with van der Waals surface area (Å²) in [6.07, 6.45) is 0. The van der Waals surface area contributed by atoms with Gasteiger partial charge in [0.05, 0.1) is 18.8 Å². The minimum absolute atomic E-state index is 0.0434. The first-order valence-corrected chi connectivity index (χ1v) is 8.84. The number of likely N-dealkylation sites (N-methyl/N-ethyl adjacent to an activating group) is 1. The predicted molar refractivity (Wildman–Crippen MR) is 102 cm³/mol. The van der Waals surface area contributed by atoms with Crippen molar-refractivity contribution < 1.29 is 9.53 Å². The summed E-state index contributed by atoms with van der Waals surface area (Å²) in [6.45, 7) is 5.29. The van der Waals surface area contributed by atoms with E-state index in [4.69, 9.17) is 4.74 Å². The second-order valence-corrected chi connectivity index (χ2v) is 6.60. The zero-order chi connectivity index (χ0) is 18.5. The van der Waals surface area contributed by atoms with Crippen LogP contribution in [0.3, 0.4) is 0 Å². The van der Waals surface area contributed by atoms with Crippen LogP contribution in [0.15, 0.2) is 36.4 Å². The van der Waals surface area contributed by atoms with Crippen molar-refractivity contribution in [2.75, 3.05) is 33.9 Å². The molecule has 1 aromatic heterocycles. The number of nitrogens with zero attached hydrogens (tertiary/aromatic N) is 3. The molecule has 5 heteroatoms. The Morgan fingerprint density at radius 1 is 1.23 bits per heavy atom. The molecule has 0 radical (unpaired) electrons. The Morgan fingerprint density at radius 2 is 2.08 bits per heavy atom. The van der Waals surface area contributed by atoms with E-state index < -0.39 is 0 Å². The second kappa shape index (κ2) is 8.11. The monoisotopic (exact) mass is 351 g/mol. The van der Waals surface area contributed by atoms with Gasteiger partial charge in [-0.2, -0.15) is 0 Å². The number of urea groups is 1. The largest absolute Gasteiger partial charge is 0.383 e. The maximum atomic E-state index is 12.5. The maximum absolute atomic E-state index is 12.5. The fraction of sp³-hybridized carbons (Fsp3) is 0.381. The van der Waals surface area contributed by atoms with E-state index in [9.17, 15) is 4.79 Å². The quantitative estimate of drug-likeness (QED) is 0.798. The van der Waals surface area contributed by atoms with Crippen LogP contribution in [-0.4, -0.2) is 54.3 Å². The number of hydrogen-bond donors (Lipinski definition) is 0. The molecule has 26 heavy (non-hydrogen) atoms. The third-order valence-corrected chi connectivity index (χ3v) is 4.60. The lowest BCUT2D eigenvalue weighted by atomic mass is 10.1. The van der Waals surface area contributed by atoms with Crippen molar-refractivity contribution >= 4 is 6.03 Å². The topological polar surface area (TPSA) is 37.7 Å². The van der Waals surface area contributed by atoms with Gasteiger partial charge in [0.2, 0.25) is 0 Å². The van der Waals surface area contributed by atoms with Crippen molar-refractivity contribution in [3.05, 3.63) is 58.9 Å². The molecular weight excluding hydrogens is 326 g/mol. The van der Waals surface area contributed by atoms with Gasteiger partial charge in [0, 0.05) is 45.0 Å². The van der Waals surface area contributed by atoms with Gasteiger partial charge in [-0.1, -0.05) is 18.1 Å². The summed E-state index contributed by atoms with van der Waals surface area (Å²) in [5.74, 6) is 6.51. The first kappa shape index (κ1) is 18.1. The average molecular weight is 351 g/mol. The van der Waals surface area contributed by atoms with E-state index in [0.29, 0.717) is 26.2 Å². The predicted octanol–water partition coefficient (Wildman–Crippen LogP) is 2.71. The third-order valence-electron chi connectivity index (χ3n) is 4.60. The van der Waals surface area contributed by atoms with Crippen LogP contribution in [0.4, 0.5) is 4.79 Å². The molecule has 2 amide bonds. The molecule has 0 saturated heterocycles. The molecule has 3 rings (SSSR count). The number of amides is 2. The van der Waals surface area contributed by atoms with Crippen LogP contribution in [0, 0.1) is 18.8 Å². The smallest absolute Gasteiger partial charge is 0.320 e. The van der Waals surface area contributed by atoms with Crippen molar-refractivity contribution in [3.8, 4) is 11.8 Å². The molecular formula is C21H25N3O2. The lowest BCUT2D eigenvalue weighted by Gasteiger charge is -2.32. The number of hydrogen-bond acceptors (Lipinski definition) is 2. The fourth-order valence-electron chi connectivity index (χ4n) is 3.10. The molecule has 2 heterocycles. The molecule has 1 aliphatic rings. The number of rotatable bonds is 3.